The fourth-order valence-corrected chi connectivity index (χ4v) is 2.78. The third kappa shape index (κ3) is 4.60. The van der Waals surface area contributed by atoms with Gasteiger partial charge in [0, 0.05) is 12.7 Å². The van der Waals surface area contributed by atoms with Gasteiger partial charge in [-0.3, -0.25) is 4.57 Å². The minimum Gasteiger partial charge on any atom is -0.369 e. The van der Waals surface area contributed by atoms with E-state index in [0.29, 0.717) is 11.0 Å². The van der Waals surface area contributed by atoms with E-state index in [9.17, 15) is 0 Å². The lowest BCUT2D eigenvalue weighted by Crippen LogP contribution is -2.04. The zero-order valence-corrected chi connectivity index (χ0v) is 13.6. The molecule has 0 unspecified atom stereocenters. The highest BCUT2D eigenvalue weighted by molar-refractivity contribution is 6.31. The fraction of sp³-hybridized carbons (Fsp3) is 0.625. The first-order valence-electron chi connectivity index (χ1n) is 7.99. The normalized spacial score (nSPS) is 11.3. The molecule has 0 radical (unpaired) electrons. The summed E-state index contributed by atoms with van der Waals surface area (Å²) in [5, 5.41) is 0.597. The second-order valence-corrected chi connectivity index (χ2v) is 6.03. The minimum absolute atomic E-state index is 0.530. The Bertz CT molecular complexity index is 565. The zero-order chi connectivity index (χ0) is 15.1. The number of hydrogen-bond acceptors (Lipinski definition) is 3. The Morgan fingerprint density at radius 3 is 2.48 bits per heavy atom. The van der Waals surface area contributed by atoms with Crippen LogP contribution in [-0.4, -0.2) is 14.5 Å². The van der Waals surface area contributed by atoms with Gasteiger partial charge in [-0.05, 0) is 12.5 Å². The number of nitrogens with two attached hydrogens (primary N) is 1. The lowest BCUT2D eigenvalue weighted by atomic mass is 10.1. The first kappa shape index (κ1) is 16.1. The van der Waals surface area contributed by atoms with E-state index in [-0.39, 0.29) is 0 Å². The number of nitrogens with zero attached hydrogens (tertiary/aromatic N) is 3. The highest BCUT2D eigenvalue weighted by Gasteiger charge is 2.09. The molecule has 0 aliphatic carbocycles. The SMILES string of the molecule is CCCCCCCCCCn1c(N)nc2cc(Cl)cnc21. The molecular weight excluding hydrogens is 284 g/mol. The van der Waals surface area contributed by atoms with E-state index < -0.39 is 0 Å². The summed E-state index contributed by atoms with van der Waals surface area (Å²) in [5.74, 6) is 0.530. The Labute approximate surface area is 131 Å². The lowest BCUT2D eigenvalue weighted by molar-refractivity contribution is 0.549. The van der Waals surface area contributed by atoms with Gasteiger partial charge in [0.05, 0.1) is 5.02 Å². The molecule has 2 aromatic heterocycles. The Morgan fingerprint density at radius 1 is 1.10 bits per heavy atom. The quantitative estimate of drug-likeness (QED) is 0.676. The molecular formula is C16H25ClN4. The Morgan fingerprint density at radius 2 is 1.76 bits per heavy atom. The van der Waals surface area contributed by atoms with Gasteiger partial charge in [-0.2, -0.15) is 0 Å². The van der Waals surface area contributed by atoms with Gasteiger partial charge < -0.3 is 5.73 Å². The van der Waals surface area contributed by atoms with Crippen molar-refractivity contribution in [1.29, 1.82) is 0 Å². The van der Waals surface area contributed by atoms with Crippen molar-refractivity contribution in [3.8, 4) is 0 Å². The predicted molar refractivity (Wildman–Crippen MR) is 89.6 cm³/mol. The molecule has 5 heteroatoms. The molecule has 2 heterocycles. The van der Waals surface area contributed by atoms with E-state index in [1.807, 2.05) is 10.6 Å². The van der Waals surface area contributed by atoms with Crippen molar-refractivity contribution in [2.24, 2.45) is 0 Å². The second kappa shape index (κ2) is 8.23. The third-order valence-corrected chi connectivity index (χ3v) is 4.02. The highest BCUT2D eigenvalue weighted by Crippen LogP contribution is 2.20. The highest BCUT2D eigenvalue weighted by atomic mass is 35.5. The molecule has 0 amide bonds. The van der Waals surface area contributed by atoms with Crippen LogP contribution in [0.25, 0.3) is 11.2 Å². The summed E-state index contributed by atoms with van der Waals surface area (Å²) in [6.45, 7) is 3.13. The molecule has 0 atom stereocenters. The van der Waals surface area contributed by atoms with Crippen molar-refractivity contribution >= 4 is 28.7 Å². The Balaban J connectivity index is 1.77. The summed E-state index contributed by atoms with van der Waals surface area (Å²) in [4.78, 5) is 8.66. The number of hydrogen-bond donors (Lipinski definition) is 1. The van der Waals surface area contributed by atoms with E-state index in [0.717, 1.165) is 24.1 Å². The third-order valence-electron chi connectivity index (χ3n) is 3.82. The summed E-state index contributed by atoms with van der Waals surface area (Å²) >= 11 is 5.93. The molecule has 0 aliphatic rings. The standard InChI is InChI=1S/C16H25ClN4/c1-2-3-4-5-6-7-8-9-10-21-15-14(20-16(21)18)11-13(17)12-19-15/h11-12H,2-10H2,1H3,(H2,18,20). The van der Waals surface area contributed by atoms with Crippen LogP contribution in [0, 0.1) is 0 Å². The molecule has 2 N–H and O–H groups in total. The number of rotatable bonds is 9. The van der Waals surface area contributed by atoms with E-state index in [2.05, 4.69) is 16.9 Å². The number of halogens is 1. The van der Waals surface area contributed by atoms with Crippen LogP contribution in [0.2, 0.25) is 5.02 Å². The topological polar surface area (TPSA) is 56.7 Å². The summed E-state index contributed by atoms with van der Waals surface area (Å²) in [6.07, 6.45) is 12.1. The number of unbranched alkanes of at least 4 members (excludes halogenated alkanes) is 7. The van der Waals surface area contributed by atoms with Gasteiger partial charge in [0.1, 0.15) is 5.52 Å². The minimum atomic E-state index is 0.530. The molecule has 0 spiro atoms. The van der Waals surface area contributed by atoms with E-state index in [1.165, 1.54) is 44.9 Å². The number of fused-ring (bicyclic) bond motifs is 1. The van der Waals surface area contributed by atoms with Crippen LogP contribution >= 0.6 is 11.6 Å². The molecule has 0 aliphatic heterocycles. The van der Waals surface area contributed by atoms with Crippen molar-refractivity contribution in [1.82, 2.24) is 14.5 Å². The number of aryl methyl sites for hydroxylation is 1. The van der Waals surface area contributed by atoms with E-state index in [1.54, 1.807) is 6.20 Å². The van der Waals surface area contributed by atoms with Crippen LogP contribution in [0.5, 0.6) is 0 Å². The van der Waals surface area contributed by atoms with Gasteiger partial charge >= 0.3 is 0 Å². The maximum absolute atomic E-state index is 5.97. The van der Waals surface area contributed by atoms with Gasteiger partial charge in [-0.15, -0.1) is 0 Å². The fourth-order valence-electron chi connectivity index (χ4n) is 2.63. The average molecular weight is 309 g/mol. The summed E-state index contributed by atoms with van der Waals surface area (Å²) in [6, 6.07) is 1.81. The molecule has 0 saturated heterocycles. The van der Waals surface area contributed by atoms with Crippen LogP contribution in [0.3, 0.4) is 0 Å². The number of anilines is 1. The summed E-state index contributed by atoms with van der Waals surface area (Å²) < 4.78 is 1.99. The van der Waals surface area contributed by atoms with Gasteiger partial charge in [0.25, 0.3) is 0 Å². The second-order valence-electron chi connectivity index (χ2n) is 5.59. The van der Waals surface area contributed by atoms with Crippen LogP contribution in [0.1, 0.15) is 58.3 Å². The number of imidazole rings is 1. The number of pyridine rings is 1. The Hall–Kier alpha value is -1.29. The number of nitrogen functional groups attached to an aromatic ring is 1. The van der Waals surface area contributed by atoms with Crippen molar-refractivity contribution in [2.75, 3.05) is 5.73 Å². The molecule has 0 bridgehead atoms. The van der Waals surface area contributed by atoms with Crippen molar-refractivity contribution in [3.05, 3.63) is 17.3 Å². The number of aromatic nitrogens is 3. The monoisotopic (exact) mass is 308 g/mol. The summed E-state index contributed by atoms with van der Waals surface area (Å²) in [7, 11) is 0. The van der Waals surface area contributed by atoms with Gasteiger partial charge in [0.2, 0.25) is 5.95 Å². The first-order valence-corrected chi connectivity index (χ1v) is 8.37. The van der Waals surface area contributed by atoms with Crippen LogP contribution in [-0.2, 0) is 6.54 Å². The van der Waals surface area contributed by atoms with Gasteiger partial charge in [-0.25, -0.2) is 9.97 Å². The van der Waals surface area contributed by atoms with Gasteiger partial charge in [-0.1, -0.05) is 63.5 Å². The molecule has 4 nitrogen and oxygen atoms in total. The maximum atomic E-state index is 5.97. The molecule has 21 heavy (non-hydrogen) atoms. The van der Waals surface area contributed by atoms with E-state index >= 15 is 0 Å². The largest absolute Gasteiger partial charge is 0.369 e. The molecule has 0 fully saturated rings. The lowest BCUT2D eigenvalue weighted by Gasteiger charge is -2.06. The molecule has 116 valence electrons. The van der Waals surface area contributed by atoms with Crippen LogP contribution in [0.4, 0.5) is 5.95 Å². The molecule has 0 aromatic carbocycles. The molecule has 2 rings (SSSR count). The van der Waals surface area contributed by atoms with Crippen LogP contribution < -0.4 is 5.73 Å². The smallest absolute Gasteiger partial charge is 0.202 e. The predicted octanol–water partition coefficient (Wildman–Crippen LogP) is 4.81. The Kier molecular flexibility index (Phi) is 6.30. The first-order chi connectivity index (χ1) is 10.2. The van der Waals surface area contributed by atoms with Crippen LogP contribution in [0.15, 0.2) is 12.3 Å². The zero-order valence-electron chi connectivity index (χ0n) is 12.8. The average Bonchev–Trinajstić information content (AvgIpc) is 2.76. The molecule has 0 saturated carbocycles. The van der Waals surface area contributed by atoms with E-state index in [4.69, 9.17) is 17.3 Å². The summed E-state index contributed by atoms with van der Waals surface area (Å²) in [5.41, 5.74) is 7.58. The maximum Gasteiger partial charge on any atom is 0.202 e. The van der Waals surface area contributed by atoms with Crippen molar-refractivity contribution in [2.45, 2.75) is 64.8 Å². The van der Waals surface area contributed by atoms with Crippen molar-refractivity contribution < 1.29 is 0 Å². The van der Waals surface area contributed by atoms with Crippen molar-refractivity contribution in [3.63, 3.8) is 0 Å². The van der Waals surface area contributed by atoms with Gasteiger partial charge in [0.15, 0.2) is 5.65 Å². The molecule has 2 aromatic rings.